The molecule has 1 unspecified atom stereocenters. The summed E-state index contributed by atoms with van der Waals surface area (Å²) in [7, 11) is 1.56. The van der Waals surface area contributed by atoms with Gasteiger partial charge in [0.1, 0.15) is 10.7 Å². The Kier molecular flexibility index (Phi) is 2.97. The Labute approximate surface area is 108 Å². The highest BCUT2D eigenvalue weighted by Crippen LogP contribution is 2.36. The molecule has 1 N–H and O–H groups in total. The van der Waals surface area contributed by atoms with E-state index in [0.717, 1.165) is 35.7 Å². The van der Waals surface area contributed by atoms with Crippen LogP contribution in [0.1, 0.15) is 29.5 Å². The summed E-state index contributed by atoms with van der Waals surface area (Å²) >= 11 is 1.59. The maximum Gasteiger partial charge on any atom is 0.233 e. The van der Waals surface area contributed by atoms with Crippen molar-refractivity contribution in [3.63, 3.8) is 0 Å². The molecular formula is C12H13N3O2S. The third kappa shape index (κ3) is 1.97. The van der Waals surface area contributed by atoms with Gasteiger partial charge in [-0.05, 0) is 25.3 Å². The van der Waals surface area contributed by atoms with Crippen LogP contribution in [0.3, 0.4) is 0 Å². The summed E-state index contributed by atoms with van der Waals surface area (Å²) in [5.41, 5.74) is 1.54. The lowest BCUT2D eigenvalue weighted by atomic mass is 10.0. The van der Waals surface area contributed by atoms with Gasteiger partial charge >= 0.3 is 0 Å². The number of aryl methyl sites for hydroxylation is 1. The fourth-order valence-corrected chi connectivity index (χ4v) is 3.17. The van der Waals surface area contributed by atoms with Gasteiger partial charge in [0.2, 0.25) is 5.88 Å². The summed E-state index contributed by atoms with van der Waals surface area (Å²) in [6, 6.07) is 3.60. The van der Waals surface area contributed by atoms with Crippen molar-refractivity contribution in [1.29, 1.82) is 0 Å². The largest absolute Gasteiger partial charge is 0.480 e. The Bertz CT molecular complexity index is 553. The predicted molar refractivity (Wildman–Crippen MR) is 67.6 cm³/mol. The molecule has 1 aliphatic carbocycles. The van der Waals surface area contributed by atoms with Crippen molar-refractivity contribution < 1.29 is 9.84 Å². The summed E-state index contributed by atoms with van der Waals surface area (Å²) in [5.74, 6) is 0.486. The van der Waals surface area contributed by atoms with Crippen LogP contribution in [0.5, 0.6) is 5.88 Å². The lowest BCUT2D eigenvalue weighted by Crippen LogP contribution is -2.07. The molecule has 0 radical (unpaired) electrons. The number of aromatic nitrogens is 3. The zero-order chi connectivity index (χ0) is 12.5. The monoisotopic (exact) mass is 263 g/mol. The van der Waals surface area contributed by atoms with Crippen LogP contribution in [0.15, 0.2) is 12.1 Å². The number of rotatable bonds is 2. The maximum atomic E-state index is 9.89. The molecular weight excluding hydrogens is 250 g/mol. The van der Waals surface area contributed by atoms with Gasteiger partial charge in [-0.15, -0.1) is 21.5 Å². The van der Waals surface area contributed by atoms with E-state index in [-0.39, 0.29) is 0 Å². The topological polar surface area (TPSA) is 68.1 Å². The van der Waals surface area contributed by atoms with E-state index in [1.807, 2.05) is 6.07 Å². The van der Waals surface area contributed by atoms with E-state index in [2.05, 4.69) is 15.2 Å². The minimum Gasteiger partial charge on any atom is -0.480 e. The predicted octanol–water partition coefficient (Wildman–Crippen LogP) is 1.98. The number of nitrogens with zero attached hydrogens (tertiary/aromatic N) is 3. The summed E-state index contributed by atoms with van der Waals surface area (Å²) in [6.45, 7) is 0. The number of hydrogen-bond donors (Lipinski definition) is 1. The number of ether oxygens (including phenoxy) is 1. The zero-order valence-corrected chi connectivity index (χ0v) is 10.8. The highest BCUT2D eigenvalue weighted by atomic mass is 32.1. The lowest BCUT2D eigenvalue weighted by molar-refractivity contribution is 0.153. The molecule has 1 aliphatic rings. The smallest absolute Gasteiger partial charge is 0.233 e. The first-order valence-corrected chi connectivity index (χ1v) is 6.65. The molecule has 0 amide bonds. The van der Waals surface area contributed by atoms with Crippen molar-refractivity contribution in [2.45, 2.75) is 25.4 Å². The number of hydrogen-bond acceptors (Lipinski definition) is 6. The van der Waals surface area contributed by atoms with Crippen LogP contribution in [-0.4, -0.2) is 27.4 Å². The van der Waals surface area contributed by atoms with Gasteiger partial charge in [-0.25, -0.2) is 4.98 Å². The molecule has 94 valence electrons. The van der Waals surface area contributed by atoms with E-state index in [1.54, 1.807) is 24.5 Å². The minimum atomic E-state index is -0.426. The summed E-state index contributed by atoms with van der Waals surface area (Å²) in [6.07, 6.45) is 2.38. The standard InChI is InChI=1S/C12H13N3O2S/c1-17-10-6-5-7(14-15-10)12-13-11-8(16)3-2-4-9(11)18-12/h5-6,8,16H,2-4H2,1H3. The zero-order valence-electron chi connectivity index (χ0n) is 9.96. The van der Waals surface area contributed by atoms with Crippen molar-refractivity contribution in [2.24, 2.45) is 0 Å². The van der Waals surface area contributed by atoms with Crippen LogP contribution in [0, 0.1) is 0 Å². The molecule has 2 aromatic rings. The Morgan fingerprint density at radius 1 is 1.39 bits per heavy atom. The average Bonchev–Trinajstić information content (AvgIpc) is 2.84. The second-order valence-electron chi connectivity index (χ2n) is 4.20. The normalized spacial score (nSPS) is 18.4. The van der Waals surface area contributed by atoms with E-state index >= 15 is 0 Å². The first-order chi connectivity index (χ1) is 8.78. The average molecular weight is 263 g/mol. The van der Waals surface area contributed by atoms with E-state index in [0.29, 0.717) is 5.88 Å². The molecule has 2 heterocycles. The Hall–Kier alpha value is -1.53. The van der Waals surface area contributed by atoms with E-state index in [1.165, 1.54) is 4.88 Å². The maximum absolute atomic E-state index is 9.89. The molecule has 0 saturated carbocycles. The molecule has 0 spiro atoms. The van der Waals surface area contributed by atoms with Crippen LogP contribution in [-0.2, 0) is 6.42 Å². The first-order valence-electron chi connectivity index (χ1n) is 5.83. The van der Waals surface area contributed by atoms with Gasteiger partial charge in [-0.3, -0.25) is 0 Å². The van der Waals surface area contributed by atoms with Crippen LogP contribution >= 0.6 is 11.3 Å². The molecule has 5 nitrogen and oxygen atoms in total. The highest BCUT2D eigenvalue weighted by molar-refractivity contribution is 7.15. The van der Waals surface area contributed by atoms with Gasteiger partial charge in [-0.1, -0.05) is 0 Å². The molecule has 2 aromatic heterocycles. The summed E-state index contributed by atoms with van der Waals surface area (Å²) in [5, 5.41) is 18.7. The summed E-state index contributed by atoms with van der Waals surface area (Å²) < 4.78 is 4.97. The Morgan fingerprint density at radius 2 is 2.28 bits per heavy atom. The molecule has 0 saturated heterocycles. The Morgan fingerprint density at radius 3 is 2.94 bits per heavy atom. The fraction of sp³-hybridized carbons (Fsp3) is 0.417. The van der Waals surface area contributed by atoms with Crippen LogP contribution in [0.4, 0.5) is 0 Å². The van der Waals surface area contributed by atoms with Crippen molar-refractivity contribution in [3.8, 4) is 16.6 Å². The van der Waals surface area contributed by atoms with Crippen molar-refractivity contribution in [3.05, 3.63) is 22.7 Å². The first kappa shape index (κ1) is 11.6. The van der Waals surface area contributed by atoms with Crippen LogP contribution in [0.2, 0.25) is 0 Å². The van der Waals surface area contributed by atoms with Crippen molar-refractivity contribution >= 4 is 11.3 Å². The molecule has 0 fully saturated rings. The molecule has 1 atom stereocenters. The molecule has 0 bridgehead atoms. The fourth-order valence-electron chi connectivity index (χ4n) is 2.05. The SMILES string of the molecule is COc1ccc(-c2nc3c(s2)CCCC3O)nn1. The minimum absolute atomic E-state index is 0.426. The van der Waals surface area contributed by atoms with Gasteiger partial charge in [-0.2, -0.15) is 0 Å². The molecule has 6 heteroatoms. The van der Waals surface area contributed by atoms with Gasteiger partial charge in [0.05, 0.1) is 18.9 Å². The van der Waals surface area contributed by atoms with Gasteiger partial charge in [0, 0.05) is 10.9 Å². The van der Waals surface area contributed by atoms with E-state index < -0.39 is 6.10 Å². The highest BCUT2D eigenvalue weighted by Gasteiger charge is 2.23. The van der Waals surface area contributed by atoms with Crippen LogP contribution in [0.25, 0.3) is 10.7 Å². The van der Waals surface area contributed by atoms with Crippen LogP contribution < -0.4 is 4.74 Å². The molecule has 18 heavy (non-hydrogen) atoms. The molecule has 3 rings (SSSR count). The van der Waals surface area contributed by atoms with E-state index in [9.17, 15) is 5.11 Å². The van der Waals surface area contributed by atoms with Crippen molar-refractivity contribution in [2.75, 3.05) is 7.11 Å². The number of aliphatic hydroxyl groups is 1. The van der Waals surface area contributed by atoms with Gasteiger partial charge in [0.25, 0.3) is 0 Å². The van der Waals surface area contributed by atoms with Gasteiger partial charge in [0.15, 0.2) is 0 Å². The van der Waals surface area contributed by atoms with Gasteiger partial charge < -0.3 is 9.84 Å². The quantitative estimate of drug-likeness (QED) is 0.897. The molecule has 0 aliphatic heterocycles. The second-order valence-corrected chi connectivity index (χ2v) is 5.28. The van der Waals surface area contributed by atoms with Crippen molar-refractivity contribution in [1.82, 2.24) is 15.2 Å². The number of thiazole rings is 1. The molecule has 0 aromatic carbocycles. The number of methoxy groups -OCH3 is 1. The summed E-state index contributed by atoms with van der Waals surface area (Å²) in [4.78, 5) is 5.65. The number of aliphatic hydroxyl groups excluding tert-OH is 1. The third-order valence-electron chi connectivity index (χ3n) is 2.99. The number of fused-ring (bicyclic) bond motifs is 1. The lowest BCUT2D eigenvalue weighted by Gasteiger charge is -2.14. The Balaban J connectivity index is 1.96. The second kappa shape index (κ2) is 4.62. The van der Waals surface area contributed by atoms with E-state index in [4.69, 9.17) is 4.74 Å². The third-order valence-corrected chi connectivity index (χ3v) is 4.15.